The molecule has 11 heteroatoms. The third-order valence-electron chi connectivity index (χ3n) is 5.71. The van der Waals surface area contributed by atoms with Crippen LogP contribution in [-0.2, 0) is 18.3 Å². The Morgan fingerprint density at radius 3 is 1.94 bits per heavy atom. The van der Waals surface area contributed by atoms with E-state index in [9.17, 15) is 9.59 Å². The van der Waals surface area contributed by atoms with Crippen LogP contribution in [0.1, 0.15) is 59.4 Å². The van der Waals surface area contributed by atoms with E-state index in [0.29, 0.717) is 22.0 Å². The fourth-order valence-electron chi connectivity index (χ4n) is 4.35. The van der Waals surface area contributed by atoms with Crippen LogP contribution in [0.5, 0.6) is 0 Å². The summed E-state index contributed by atoms with van der Waals surface area (Å²) >= 11 is 3.02. The normalized spacial score (nSPS) is 15.4. The Hall–Kier alpha value is -2.63. The Bertz CT molecular complexity index is 1080. The largest absolute Gasteiger partial charge is 0.344 e. The van der Waals surface area contributed by atoms with Gasteiger partial charge in [0.2, 0.25) is 0 Å². The molecule has 0 saturated heterocycles. The second-order valence-electron chi connectivity index (χ2n) is 8.62. The number of rotatable bonds is 5. The first-order chi connectivity index (χ1) is 15.1. The van der Waals surface area contributed by atoms with E-state index in [1.807, 2.05) is 19.1 Å². The Morgan fingerprint density at radius 2 is 1.56 bits per heavy atom. The van der Waals surface area contributed by atoms with Gasteiger partial charge in [-0.15, -0.1) is 32.9 Å². The van der Waals surface area contributed by atoms with Crippen molar-refractivity contribution in [3.63, 3.8) is 0 Å². The summed E-state index contributed by atoms with van der Waals surface area (Å²) in [7, 11) is 6.99. The molecule has 1 aliphatic carbocycles. The van der Waals surface area contributed by atoms with Gasteiger partial charge in [0.1, 0.15) is 0 Å². The molecule has 170 valence electrons. The number of aryl methyl sites for hydroxylation is 2. The molecular formula is C21H27N7O2S2. The summed E-state index contributed by atoms with van der Waals surface area (Å²) in [5.41, 5.74) is 7.54. The summed E-state index contributed by atoms with van der Waals surface area (Å²) in [5.74, 6) is 0.419. The molecule has 3 aromatic rings. The van der Waals surface area contributed by atoms with Crippen LogP contribution < -0.4 is 5.73 Å². The molecule has 0 spiro atoms. The molecule has 0 radical (unpaired) electrons. The van der Waals surface area contributed by atoms with Crippen LogP contribution in [0.15, 0.2) is 12.1 Å². The molecule has 0 unspecified atom stereocenters. The number of H-pyrrole nitrogens is 1. The van der Waals surface area contributed by atoms with E-state index in [1.165, 1.54) is 22.7 Å². The van der Waals surface area contributed by atoms with Gasteiger partial charge in [-0.1, -0.05) is 5.21 Å². The van der Waals surface area contributed by atoms with E-state index in [1.54, 1.807) is 38.0 Å². The topological polar surface area (TPSA) is 121 Å². The van der Waals surface area contributed by atoms with Crippen molar-refractivity contribution in [3.05, 3.63) is 48.6 Å². The third-order valence-corrected chi connectivity index (χ3v) is 8.07. The number of aromatic nitrogens is 4. The molecule has 0 aromatic carbocycles. The lowest BCUT2D eigenvalue weighted by molar-refractivity contribution is 0.0825. The molecule has 2 amide bonds. The van der Waals surface area contributed by atoms with E-state index < -0.39 is 5.41 Å². The Labute approximate surface area is 194 Å². The Balaban J connectivity index is 2.02. The highest BCUT2D eigenvalue weighted by molar-refractivity contribution is 7.15. The average Bonchev–Trinajstić information content (AvgIpc) is 3.48. The maximum Gasteiger partial charge on any atom is 0.263 e. The zero-order valence-corrected chi connectivity index (χ0v) is 20.4. The summed E-state index contributed by atoms with van der Waals surface area (Å²) in [4.78, 5) is 32.3. The zero-order chi connectivity index (χ0) is 23.2. The van der Waals surface area contributed by atoms with Crippen molar-refractivity contribution in [3.8, 4) is 0 Å². The first-order valence-corrected chi connectivity index (χ1v) is 12.0. The molecule has 1 atom stereocenters. The molecule has 1 aliphatic rings. The number of fused-ring (bicyclic) bond motifs is 2. The van der Waals surface area contributed by atoms with Crippen molar-refractivity contribution in [2.24, 2.45) is 5.73 Å². The van der Waals surface area contributed by atoms with E-state index in [4.69, 9.17) is 5.73 Å². The van der Waals surface area contributed by atoms with Gasteiger partial charge in [-0.25, -0.2) is 0 Å². The predicted octanol–water partition coefficient (Wildman–Crippen LogP) is 1.90. The molecular weight excluding hydrogens is 446 g/mol. The van der Waals surface area contributed by atoms with Crippen molar-refractivity contribution in [2.75, 3.05) is 28.2 Å². The first-order valence-electron chi connectivity index (χ1n) is 10.3. The van der Waals surface area contributed by atoms with Gasteiger partial charge in [0, 0.05) is 44.0 Å². The first kappa shape index (κ1) is 22.6. The van der Waals surface area contributed by atoms with Crippen LogP contribution in [0.3, 0.4) is 0 Å². The maximum atomic E-state index is 12.8. The van der Waals surface area contributed by atoms with Crippen LogP contribution in [0.4, 0.5) is 0 Å². The van der Waals surface area contributed by atoms with Gasteiger partial charge in [-0.3, -0.25) is 9.59 Å². The number of amides is 2. The van der Waals surface area contributed by atoms with Gasteiger partial charge >= 0.3 is 0 Å². The van der Waals surface area contributed by atoms with E-state index in [-0.39, 0.29) is 17.9 Å². The molecule has 0 aliphatic heterocycles. The van der Waals surface area contributed by atoms with Gasteiger partial charge in [-0.2, -0.15) is 5.21 Å². The maximum absolute atomic E-state index is 12.8. The zero-order valence-electron chi connectivity index (χ0n) is 18.8. The van der Waals surface area contributed by atoms with Crippen molar-refractivity contribution in [1.29, 1.82) is 0 Å². The van der Waals surface area contributed by atoms with Gasteiger partial charge in [0.15, 0.2) is 5.82 Å². The van der Waals surface area contributed by atoms with Crippen molar-refractivity contribution in [2.45, 2.75) is 37.6 Å². The number of hydrogen-bond donors (Lipinski definition) is 2. The molecule has 3 heterocycles. The van der Waals surface area contributed by atoms with Crippen LogP contribution in [-0.4, -0.2) is 76.5 Å². The summed E-state index contributed by atoms with van der Waals surface area (Å²) in [6.45, 7) is 1.95. The number of aromatic amines is 1. The summed E-state index contributed by atoms with van der Waals surface area (Å²) in [6, 6.07) is 3.73. The highest BCUT2D eigenvalue weighted by Crippen LogP contribution is 2.50. The second kappa shape index (κ2) is 8.38. The van der Waals surface area contributed by atoms with Crippen molar-refractivity contribution < 1.29 is 9.59 Å². The van der Waals surface area contributed by atoms with E-state index in [0.717, 1.165) is 33.7 Å². The Kier molecular flexibility index (Phi) is 5.91. The third kappa shape index (κ3) is 3.63. The number of thiophene rings is 2. The lowest BCUT2D eigenvalue weighted by Gasteiger charge is -2.32. The second-order valence-corrected chi connectivity index (χ2v) is 10.9. The predicted molar refractivity (Wildman–Crippen MR) is 124 cm³/mol. The van der Waals surface area contributed by atoms with Crippen molar-refractivity contribution >= 4 is 34.5 Å². The minimum absolute atomic E-state index is 0.0418. The van der Waals surface area contributed by atoms with Gasteiger partial charge in [0.05, 0.1) is 15.2 Å². The number of nitrogens with zero attached hydrogens (tertiary/aromatic N) is 5. The van der Waals surface area contributed by atoms with Gasteiger partial charge < -0.3 is 15.5 Å². The van der Waals surface area contributed by atoms with E-state index >= 15 is 0 Å². The number of carbonyl (C=O) groups excluding carboxylic acids is 2. The highest BCUT2D eigenvalue weighted by Gasteiger charge is 2.47. The Morgan fingerprint density at radius 1 is 1.06 bits per heavy atom. The molecule has 0 saturated carbocycles. The minimum Gasteiger partial charge on any atom is -0.344 e. The minimum atomic E-state index is -0.801. The quantitative estimate of drug-likeness (QED) is 0.584. The summed E-state index contributed by atoms with van der Waals surface area (Å²) in [5, 5.41) is 15.2. The monoisotopic (exact) mass is 473 g/mol. The smallest absolute Gasteiger partial charge is 0.263 e. The van der Waals surface area contributed by atoms with Crippen LogP contribution in [0.2, 0.25) is 0 Å². The SMILES string of the molecule is C[C@@H](N)CC1(c2nn[nH]n2)c2cc(C(=O)N(C)C)sc2CCc2sc(C(=O)N(C)C)cc21. The number of nitrogens with one attached hydrogen (secondary N) is 1. The molecule has 4 rings (SSSR count). The van der Waals surface area contributed by atoms with Gasteiger partial charge in [-0.05, 0) is 49.4 Å². The van der Waals surface area contributed by atoms with Crippen LogP contribution in [0.25, 0.3) is 0 Å². The van der Waals surface area contributed by atoms with E-state index in [2.05, 4.69) is 20.6 Å². The fourth-order valence-corrected chi connectivity index (χ4v) is 6.87. The number of nitrogens with two attached hydrogens (primary N) is 1. The average molecular weight is 474 g/mol. The number of hydrogen-bond acceptors (Lipinski definition) is 8. The molecule has 0 fully saturated rings. The lowest BCUT2D eigenvalue weighted by Crippen LogP contribution is -2.37. The van der Waals surface area contributed by atoms with Gasteiger partial charge in [0.25, 0.3) is 11.8 Å². The highest BCUT2D eigenvalue weighted by atomic mass is 32.1. The summed E-state index contributed by atoms with van der Waals surface area (Å²) < 4.78 is 0. The lowest BCUT2D eigenvalue weighted by atomic mass is 9.70. The van der Waals surface area contributed by atoms with Crippen molar-refractivity contribution in [1.82, 2.24) is 30.4 Å². The molecule has 3 N–H and O–H groups in total. The number of tetrazole rings is 1. The molecule has 3 aromatic heterocycles. The molecule has 9 nitrogen and oxygen atoms in total. The fraction of sp³-hybridized carbons (Fsp3) is 0.476. The standard InChI is InChI=1S/C21H27N7O2S2/c1-11(22)10-21(20-23-25-26-24-20)12-8-16(18(29)27(2)3)31-14(12)6-7-15-13(21)9-17(32-15)19(30)28(4)5/h8-9,11H,6-7,10,22H2,1-5H3,(H,23,24,25,26)/t11-/m1/s1. The molecule has 0 bridgehead atoms. The van der Waals surface area contributed by atoms with Crippen LogP contribution >= 0.6 is 22.7 Å². The molecule has 32 heavy (non-hydrogen) atoms. The summed E-state index contributed by atoms with van der Waals surface area (Å²) in [6.07, 6.45) is 2.05. The number of carbonyl (C=O) groups is 2. The van der Waals surface area contributed by atoms with Crippen LogP contribution in [0, 0.1) is 0 Å².